The van der Waals surface area contributed by atoms with Crippen molar-refractivity contribution >= 4 is 11.9 Å². The van der Waals surface area contributed by atoms with Crippen LogP contribution in [-0.4, -0.2) is 30.1 Å². The molecule has 5 heteroatoms. The molecule has 1 aliphatic carbocycles. The molecular formula is C19H19NO4. The molecule has 2 N–H and O–H groups in total. The summed E-state index contributed by atoms with van der Waals surface area (Å²) in [6, 6.07) is 10.6. The number of carbonyl (C=O) groups is 2. The number of methoxy groups -OCH3 is 1. The van der Waals surface area contributed by atoms with E-state index in [2.05, 4.69) is 5.32 Å². The molecule has 2 aromatic rings. The lowest BCUT2D eigenvalue weighted by atomic mass is 10.0. The van der Waals surface area contributed by atoms with E-state index in [1.54, 1.807) is 26.2 Å². The van der Waals surface area contributed by atoms with Crippen molar-refractivity contribution < 1.29 is 19.4 Å². The zero-order valence-electron chi connectivity index (χ0n) is 13.6. The number of hydrogen-bond acceptors (Lipinski definition) is 3. The number of carbonyl (C=O) groups excluding carboxylic acids is 1. The molecular weight excluding hydrogens is 306 g/mol. The number of aryl methyl sites for hydroxylation is 1. The first-order valence-corrected chi connectivity index (χ1v) is 7.79. The Labute approximate surface area is 140 Å². The Morgan fingerprint density at radius 1 is 1.21 bits per heavy atom. The van der Waals surface area contributed by atoms with Crippen LogP contribution in [0.1, 0.15) is 37.4 Å². The van der Waals surface area contributed by atoms with Crippen LogP contribution in [0.25, 0.3) is 0 Å². The Hall–Kier alpha value is -2.82. The molecule has 1 unspecified atom stereocenters. The summed E-state index contributed by atoms with van der Waals surface area (Å²) in [5.41, 5.74) is 3.45. The summed E-state index contributed by atoms with van der Waals surface area (Å²) in [5, 5.41) is 12.2. The molecule has 0 radical (unpaired) electrons. The fraction of sp³-hybridized carbons (Fsp3) is 0.263. The lowest BCUT2D eigenvalue weighted by Crippen LogP contribution is -2.35. The van der Waals surface area contributed by atoms with Crippen molar-refractivity contribution in [2.75, 3.05) is 7.11 Å². The van der Waals surface area contributed by atoms with Crippen molar-refractivity contribution in [2.24, 2.45) is 0 Å². The van der Waals surface area contributed by atoms with Crippen molar-refractivity contribution in [3.05, 3.63) is 64.2 Å². The molecule has 0 spiro atoms. The van der Waals surface area contributed by atoms with Crippen molar-refractivity contribution in [1.29, 1.82) is 0 Å². The van der Waals surface area contributed by atoms with Gasteiger partial charge in [-0.2, -0.15) is 0 Å². The monoisotopic (exact) mass is 325 g/mol. The van der Waals surface area contributed by atoms with E-state index in [-0.39, 0.29) is 17.5 Å². The Bertz CT molecular complexity index is 813. The van der Waals surface area contributed by atoms with Gasteiger partial charge in [0.2, 0.25) is 0 Å². The average Bonchev–Trinajstić information content (AvgIpc) is 2.97. The van der Waals surface area contributed by atoms with E-state index in [1.165, 1.54) is 11.6 Å². The van der Waals surface area contributed by atoms with Crippen LogP contribution in [0.15, 0.2) is 36.4 Å². The number of amides is 1. The smallest absolute Gasteiger partial charge is 0.335 e. The molecule has 2 aromatic carbocycles. The van der Waals surface area contributed by atoms with Gasteiger partial charge in [0.25, 0.3) is 5.91 Å². The van der Waals surface area contributed by atoms with E-state index in [9.17, 15) is 14.7 Å². The summed E-state index contributed by atoms with van der Waals surface area (Å²) in [4.78, 5) is 23.7. The Morgan fingerprint density at radius 2 is 2.00 bits per heavy atom. The number of nitrogens with one attached hydrogen (secondary N) is 1. The molecule has 0 saturated carbocycles. The lowest BCUT2D eigenvalue weighted by molar-refractivity contribution is 0.0696. The van der Waals surface area contributed by atoms with Gasteiger partial charge in [-0.1, -0.05) is 18.2 Å². The molecule has 0 bridgehead atoms. The maximum atomic E-state index is 12.5. The number of rotatable bonds is 4. The van der Waals surface area contributed by atoms with Gasteiger partial charge in [0.15, 0.2) is 0 Å². The molecule has 0 aromatic heterocycles. The number of fused-ring (bicyclic) bond motifs is 1. The highest BCUT2D eigenvalue weighted by Crippen LogP contribution is 2.30. The molecule has 1 aliphatic rings. The summed E-state index contributed by atoms with van der Waals surface area (Å²) in [5.74, 6) is -0.442. The van der Waals surface area contributed by atoms with Gasteiger partial charge in [-0.25, -0.2) is 4.79 Å². The van der Waals surface area contributed by atoms with Gasteiger partial charge < -0.3 is 15.2 Å². The van der Waals surface area contributed by atoms with Crippen molar-refractivity contribution in [3.63, 3.8) is 0 Å². The highest BCUT2D eigenvalue weighted by atomic mass is 16.5. The minimum Gasteiger partial charge on any atom is -0.496 e. The van der Waals surface area contributed by atoms with E-state index >= 15 is 0 Å². The highest BCUT2D eigenvalue weighted by Gasteiger charge is 2.26. The predicted molar refractivity (Wildman–Crippen MR) is 89.8 cm³/mol. The van der Waals surface area contributed by atoms with Gasteiger partial charge in [0, 0.05) is 11.6 Å². The third-order valence-electron chi connectivity index (χ3n) is 4.43. The van der Waals surface area contributed by atoms with Gasteiger partial charge in [-0.3, -0.25) is 4.79 Å². The predicted octanol–water partition coefficient (Wildman–Crippen LogP) is 2.60. The second kappa shape index (κ2) is 6.35. The average molecular weight is 325 g/mol. The summed E-state index contributed by atoms with van der Waals surface area (Å²) in [6.07, 6.45) is 1.46. The molecule has 1 atom stereocenters. The molecule has 0 heterocycles. The van der Waals surface area contributed by atoms with Crippen LogP contribution in [0.3, 0.4) is 0 Å². The molecule has 3 rings (SSSR count). The van der Waals surface area contributed by atoms with Gasteiger partial charge in [0.1, 0.15) is 5.75 Å². The SMILES string of the molecule is COc1cccc2c1CC(NC(=O)c1ccc(C)c(C(=O)O)c1)C2. The zero-order valence-corrected chi connectivity index (χ0v) is 13.6. The van der Waals surface area contributed by atoms with Gasteiger partial charge in [-0.05, 0) is 54.7 Å². The van der Waals surface area contributed by atoms with Crippen molar-refractivity contribution in [1.82, 2.24) is 5.32 Å². The number of carboxylic acid groups (broad SMARTS) is 1. The standard InChI is InChI=1S/C19H19NO4/c1-11-6-7-13(9-15(11)19(22)23)18(21)20-14-8-12-4-3-5-17(24-2)16(12)10-14/h3-7,9,14H,8,10H2,1-2H3,(H,20,21)(H,22,23). The second-order valence-electron chi connectivity index (χ2n) is 6.01. The number of hydrogen-bond donors (Lipinski definition) is 2. The first-order valence-electron chi connectivity index (χ1n) is 7.79. The second-order valence-corrected chi connectivity index (χ2v) is 6.01. The lowest BCUT2D eigenvalue weighted by Gasteiger charge is -2.13. The van der Waals surface area contributed by atoms with E-state index in [4.69, 9.17) is 4.74 Å². The minimum absolute atomic E-state index is 0.0154. The molecule has 0 saturated heterocycles. The molecule has 0 fully saturated rings. The van der Waals surface area contributed by atoms with Crippen molar-refractivity contribution in [3.8, 4) is 5.75 Å². The van der Waals surface area contributed by atoms with Crippen LogP contribution in [0.4, 0.5) is 0 Å². The maximum Gasteiger partial charge on any atom is 0.335 e. The fourth-order valence-electron chi connectivity index (χ4n) is 3.17. The van der Waals surface area contributed by atoms with Crippen LogP contribution in [0.2, 0.25) is 0 Å². The minimum atomic E-state index is -1.03. The van der Waals surface area contributed by atoms with E-state index in [1.807, 2.05) is 18.2 Å². The Kier molecular flexibility index (Phi) is 4.25. The van der Waals surface area contributed by atoms with Crippen LogP contribution in [0.5, 0.6) is 5.75 Å². The van der Waals surface area contributed by atoms with Crippen LogP contribution >= 0.6 is 0 Å². The Balaban J connectivity index is 1.75. The number of ether oxygens (including phenoxy) is 1. The normalized spacial score (nSPS) is 15.7. The van der Waals surface area contributed by atoms with Crippen LogP contribution in [-0.2, 0) is 12.8 Å². The zero-order chi connectivity index (χ0) is 17.3. The largest absolute Gasteiger partial charge is 0.496 e. The van der Waals surface area contributed by atoms with E-state index < -0.39 is 5.97 Å². The first-order chi connectivity index (χ1) is 11.5. The number of aromatic carboxylic acids is 1. The quantitative estimate of drug-likeness (QED) is 0.906. The Morgan fingerprint density at radius 3 is 2.71 bits per heavy atom. The molecule has 24 heavy (non-hydrogen) atoms. The van der Waals surface area contributed by atoms with Crippen LogP contribution < -0.4 is 10.1 Å². The molecule has 5 nitrogen and oxygen atoms in total. The third-order valence-corrected chi connectivity index (χ3v) is 4.43. The third kappa shape index (κ3) is 2.97. The van der Waals surface area contributed by atoms with E-state index in [0.717, 1.165) is 17.7 Å². The van der Waals surface area contributed by atoms with E-state index in [0.29, 0.717) is 17.5 Å². The fourth-order valence-corrected chi connectivity index (χ4v) is 3.17. The summed E-state index contributed by atoms with van der Waals surface area (Å²) >= 11 is 0. The maximum absolute atomic E-state index is 12.5. The summed E-state index contributed by atoms with van der Waals surface area (Å²) in [7, 11) is 1.64. The van der Waals surface area contributed by atoms with Gasteiger partial charge in [-0.15, -0.1) is 0 Å². The van der Waals surface area contributed by atoms with Crippen molar-refractivity contribution in [2.45, 2.75) is 25.8 Å². The van der Waals surface area contributed by atoms with Gasteiger partial charge in [0.05, 0.1) is 12.7 Å². The topological polar surface area (TPSA) is 75.6 Å². The van der Waals surface area contributed by atoms with Crippen LogP contribution in [0, 0.1) is 6.92 Å². The first kappa shape index (κ1) is 16.1. The number of carboxylic acids is 1. The highest BCUT2D eigenvalue weighted by molar-refractivity contribution is 5.98. The summed E-state index contributed by atoms with van der Waals surface area (Å²) < 4.78 is 5.37. The molecule has 0 aliphatic heterocycles. The molecule has 124 valence electrons. The van der Waals surface area contributed by atoms with Gasteiger partial charge >= 0.3 is 5.97 Å². The summed E-state index contributed by atoms with van der Waals surface area (Å²) in [6.45, 7) is 1.71. The number of benzene rings is 2. The molecule has 1 amide bonds.